The van der Waals surface area contributed by atoms with Crippen molar-refractivity contribution in [3.8, 4) is 0 Å². The van der Waals surface area contributed by atoms with E-state index >= 15 is 0 Å². The summed E-state index contributed by atoms with van der Waals surface area (Å²) in [6.45, 7) is 8.18. The van der Waals surface area contributed by atoms with Gasteiger partial charge >= 0.3 is 5.97 Å². The molecule has 2 N–H and O–H groups in total. The molecule has 0 atom stereocenters. The van der Waals surface area contributed by atoms with Crippen LogP contribution in [0.5, 0.6) is 0 Å². The van der Waals surface area contributed by atoms with Gasteiger partial charge in [-0.3, -0.25) is 9.69 Å². The maximum atomic E-state index is 10.5. The van der Waals surface area contributed by atoms with E-state index in [1.54, 1.807) is 0 Å². The Balaban J connectivity index is 3.97. The molecule has 0 aromatic heterocycles. The summed E-state index contributed by atoms with van der Waals surface area (Å²) in [7, 11) is 0. The Bertz CT molecular complexity index is 201. The van der Waals surface area contributed by atoms with Crippen molar-refractivity contribution in [1.29, 1.82) is 0 Å². The Kier molecular flexibility index (Phi) is 7.29. The highest BCUT2D eigenvalue weighted by atomic mass is 16.5. The number of rotatable bonds is 8. The maximum Gasteiger partial charge on any atom is 0.304 e. The molecule has 0 bridgehead atoms. The summed E-state index contributed by atoms with van der Waals surface area (Å²) in [4.78, 5) is 12.6. The van der Waals surface area contributed by atoms with Crippen molar-refractivity contribution in [2.45, 2.75) is 32.7 Å². The topological polar surface area (TPSA) is 70.0 Å². The van der Waals surface area contributed by atoms with Crippen molar-refractivity contribution in [2.24, 2.45) is 0 Å². The first kappa shape index (κ1) is 15.3. The molecular formula is C11H23NO4. The zero-order valence-electron chi connectivity index (χ0n) is 10.4. The summed E-state index contributed by atoms with van der Waals surface area (Å²) < 4.78 is 5.18. The second kappa shape index (κ2) is 7.60. The predicted molar refractivity (Wildman–Crippen MR) is 61.5 cm³/mol. The Morgan fingerprint density at radius 2 is 1.88 bits per heavy atom. The van der Waals surface area contributed by atoms with Crippen molar-refractivity contribution in [3.05, 3.63) is 0 Å². The van der Waals surface area contributed by atoms with Gasteiger partial charge < -0.3 is 14.9 Å². The van der Waals surface area contributed by atoms with E-state index < -0.39 is 5.97 Å². The second-order valence-corrected chi connectivity index (χ2v) is 4.64. The maximum absolute atomic E-state index is 10.5. The van der Waals surface area contributed by atoms with Crippen molar-refractivity contribution in [1.82, 2.24) is 4.90 Å². The molecule has 0 aromatic carbocycles. The first-order valence-corrected chi connectivity index (χ1v) is 5.53. The van der Waals surface area contributed by atoms with Crippen LogP contribution in [0.1, 0.15) is 27.2 Å². The summed E-state index contributed by atoms with van der Waals surface area (Å²) in [5.74, 6) is -0.787. The monoisotopic (exact) mass is 233 g/mol. The van der Waals surface area contributed by atoms with Crippen LogP contribution >= 0.6 is 0 Å². The number of aliphatic hydroxyl groups is 1. The molecule has 0 radical (unpaired) electrons. The minimum Gasteiger partial charge on any atom is -0.481 e. The number of hydrogen-bond acceptors (Lipinski definition) is 4. The number of carboxylic acid groups (broad SMARTS) is 1. The quantitative estimate of drug-likeness (QED) is 0.600. The molecule has 0 fully saturated rings. The molecule has 0 aromatic rings. The second-order valence-electron chi connectivity index (χ2n) is 4.64. The molecule has 0 aliphatic rings. The van der Waals surface area contributed by atoms with Crippen LogP contribution in [0.4, 0.5) is 0 Å². The van der Waals surface area contributed by atoms with Crippen LogP contribution in [0.2, 0.25) is 0 Å². The van der Waals surface area contributed by atoms with Gasteiger partial charge in [-0.25, -0.2) is 0 Å². The van der Waals surface area contributed by atoms with E-state index in [9.17, 15) is 4.79 Å². The summed E-state index contributed by atoms with van der Waals surface area (Å²) >= 11 is 0. The number of carbonyl (C=O) groups is 1. The minimum absolute atomic E-state index is 0.0185. The van der Waals surface area contributed by atoms with Crippen LogP contribution in [0.3, 0.4) is 0 Å². The summed E-state index contributed by atoms with van der Waals surface area (Å²) in [5.41, 5.74) is -0.0714. The Morgan fingerprint density at radius 1 is 1.25 bits per heavy atom. The molecule has 5 heteroatoms. The van der Waals surface area contributed by atoms with E-state index in [-0.39, 0.29) is 18.6 Å². The third-order valence-electron chi connectivity index (χ3n) is 2.29. The number of carboxylic acids is 1. The van der Waals surface area contributed by atoms with Gasteiger partial charge in [0.1, 0.15) is 0 Å². The molecule has 0 unspecified atom stereocenters. The summed E-state index contributed by atoms with van der Waals surface area (Å²) in [6, 6.07) is 0. The molecular weight excluding hydrogens is 210 g/mol. The number of aliphatic hydroxyl groups excluding tert-OH is 1. The van der Waals surface area contributed by atoms with Gasteiger partial charge in [-0.1, -0.05) is 0 Å². The lowest BCUT2D eigenvalue weighted by atomic mass is 10.1. The van der Waals surface area contributed by atoms with E-state index in [1.165, 1.54) is 0 Å². The minimum atomic E-state index is -0.787. The van der Waals surface area contributed by atoms with Crippen molar-refractivity contribution in [3.63, 3.8) is 0 Å². The molecule has 0 saturated carbocycles. The van der Waals surface area contributed by atoms with Crippen LogP contribution in [-0.4, -0.2) is 59.5 Å². The lowest BCUT2D eigenvalue weighted by Gasteiger charge is -2.35. The molecule has 0 aliphatic heterocycles. The highest BCUT2D eigenvalue weighted by molar-refractivity contribution is 5.66. The van der Waals surface area contributed by atoms with Crippen LogP contribution in [-0.2, 0) is 9.53 Å². The molecule has 0 spiro atoms. The van der Waals surface area contributed by atoms with Crippen LogP contribution in [0, 0.1) is 0 Å². The smallest absolute Gasteiger partial charge is 0.304 e. The van der Waals surface area contributed by atoms with Gasteiger partial charge in [0, 0.05) is 18.6 Å². The number of hydrogen-bond donors (Lipinski definition) is 2. The van der Waals surface area contributed by atoms with Crippen molar-refractivity contribution < 1.29 is 19.7 Å². The SMILES string of the molecule is CC(C)(C)N(CCOCCO)CCC(=O)O. The van der Waals surface area contributed by atoms with Crippen LogP contribution in [0.15, 0.2) is 0 Å². The summed E-state index contributed by atoms with van der Waals surface area (Å²) in [6.07, 6.45) is 0.136. The Labute approximate surface area is 97.0 Å². The molecule has 0 rings (SSSR count). The standard InChI is InChI=1S/C11H23NO4/c1-11(2,3)12(5-4-10(14)15)6-8-16-9-7-13/h13H,4-9H2,1-3H3,(H,14,15). The highest BCUT2D eigenvalue weighted by Crippen LogP contribution is 2.13. The van der Waals surface area contributed by atoms with E-state index in [0.29, 0.717) is 26.3 Å². The Morgan fingerprint density at radius 3 is 2.31 bits per heavy atom. The molecule has 16 heavy (non-hydrogen) atoms. The molecule has 5 nitrogen and oxygen atoms in total. The molecule has 0 heterocycles. The van der Waals surface area contributed by atoms with Crippen LogP contribution in [0.25, 0.3) is 0 Å². The van der Waals surface area contributed by atoms with E-state index in [0.717, 1.165) is 0 Å². The number of nitrogens with zero attached hydrogens (tertiary/aromatic N) is 1. The highest BCUT2D eigenvalue weighted by Gasteiger charge is 2.21. The first-order chi connectivity index (χ1) is 7.38. The lowest BCUT2D eigenvalue weighted by molar-refractivity contribution is -0.137. The van der Waals surface area contributed by atoms with Gasteiger partial charge in [-0.15, -0.1) is 0 Å². The van der Waals surface area contributed by atoms with Gasteiger partial charge in [-0.05, 0) is 20.8 Å². The molecule has 0 saturated heterocycles. The van der Waals surface area contributed by atoms with Crippen molar-refractivity contribution in [2.75, 3.05) is 32.9 Å². The first-order valence-electron chi connectivity index (χ1n) is 5.53. The van der Waals surface area contributed by atoms with Gasteiger partial charge in [0.25, 0.3) is 0 Å². The Hall–Kier alpha value is -0.650. The third kappa shape index (κ3) is 7.62. The van der Waals surface area contributed by atoms with E-state index in [4.69, 9.17) is 14.9 Å². The fourth-order valence-electron chi connectivity index (χ4n) is 1.35. The van der Waals surface area contributed by atoms with Gasteiger partial charge in [0.05, 0.1) is 26.2 Å². The van der Waals surface area contributed by atoms with E-state index in [2.05, 4.69) is 4.90 Å². The lowest BCUT2D eigenvalue weighted by Crippen LogP contribution is -2.44. The van der Waals surface area contributed by atoms with Crippen molar-refractivity contribution >= 4 is 5.97 Å². The van der Waals surface area contributed by atoms with Gasteiger partial charge in [0.2, 0.25) is 0 Å². The average Bonchev–Trinajstić information content (AvgIpc) is 2.14. The fraction of sp³-hybridized carbons (Fsp3) is 0.909. The average molecular weight is 233 g/mol. The van der Waals surface area contributed by atoms with Gasteiger partial charge in [-0.2, -0.15) is 0 Å². The molecule has 0 aliphatic carbocycles. The number of aliphatic carboxylic acids is 1. The van der Waals surface area contributed by atoms with Gasteiger partial charge in [0.15, 0.2) is 0 Å². The largest absolute Gasteiger partial charge is 0.481 e. The molecule has 96 valence electrons. The third-order valence-corrected chi connectivity index (χ3v) is 2.29. The zero-order chi connectivity index (χ0) is 12.6. The molecule has 0 amide bonds. The predicted octanol–water partition coefficient (Wildman–Crippen LogP) is 0.570. The fourth-order valence-corrected chi connectivity index (χ4v) is 1.35. The normalized spacial score (nSPS) is 12.1. The van der Waals surface area contributed by atoms with E-state index in [1.807, 2.05) is 20.8 Å². The zero-order valence-corrected chi connectivity index (χ0v) is 10.4. The summed E-state index contributed by atoms with van der Waals surface area (Å²) in [5, 5.41) is 17.2. The number of ether oxygens (including phenoxy) is 1. The van der Waals surface area contributed by atoms with Crippen LogP contribution < -0.4 is 0 Å².